The third-order valence-electron chi connectivity index (χ3n) is 3.98. The minimum atomic E-state index is -4.31. The summed E-state index contributed by atoms with van der Waals surface area (Å²) in [6.45, 7) is 2.32. The van der Waals surface area contributed by atoms with Crippen LogP contribution < -0.4 is 15.4 Å². The summed E-state index contributed by atoms with van der Waals surface area (Å²) >= 11 is 0. The Labute approximate surface area is 174 Å². The highest BCUT2D eigenvalue weighted by Crippen LogP contribution is 2.16. The lowest BCUT2D eigenvalue weighted by Crippen LogP contribution is -2.36. The van der Waals surface area contributed by atoms with E-state index in [1.807, 2.05) is 31.2 Å². The van der Waals surface area contributed by atoms with Crippen molar-refractivity contribution in [2.75, 3.05) is 20.3 Å². The molecule has 0 saturated heterocycles. The van der Waals surface area contributed by atoms with E-state index in [1.54, 1.807) is 25.4 Å². The molecule has 0 fully saturated rings. The normalized spacial score (nSPS) is 12.0. The number of nitrogens with one attached hydrogen (secondary N) is 2. The molecule has 0 radical (unpaired) electrons. The molecule has 2 N–H and O–H groups in total. The maximum atomic E-state index is 12.1. The van der Waals surface area contributed by atoms with Crippen molar-refractivity contribution in [2.24, 2.45) is 4.99 Å². The van der Waals surface area contributed by atoms with Crippen molar-refractivity contribution in [3.63, 3.8) is 0 Å². The highest BCUT2D eigenvalue weighted by Gasteiger charge is 2.27. The lowest BCUT2D eigenvalue weighted by molar-refractivity contribution is -0.176. The Kier molecular flexibility index (Phi) is 9.40. The molecule has 164 valence electrons. The molecule has 2 aromatic rings. The molecule has 0 amide bonds. The van der Waals surface area contributed by atoms with Gasteiger partial charge in [-0.05, 0) is 23.6 Å². The van der Waals surface area contributed by atoms with E-state index in [2.05, 4.69) is 25.3 Å². The number of pyridine rings is 1. The van der Waals surface area contributed by atoms with Crippen molar-refractivity contribution in [1.29, 1.82) is 0 Å². The zero-order valence-corrected chi connectivity index (χ0v) is 17.1. The zero-order valence-electron chi connectivity index (χ0n) is 17.1. The molecule has 1 aromatic heterocycles. The lowest BCUT2D eigenvalue weighted by Gasteiger charge is -2.14. The van der Waals surface area contributed by atoms with E-state index < -0.39 is 12.8 Å². The first-order valence-corrected chi connectivity index (χ1v) is 9.64. The van der Waals surface area contributed by atoms with E-state index in [4.69, 9.17) is 4.74 Å². The first-order valence-electron chi connectivity index (χ1n) is 9.64. The fraction of sp³-hybridized carbons (Fsp3) is 0.429. The van der Waals surface area contributed by atoms with Gasteiger partial charge in [0, 0.05) is 31.9 Å². The quantitative estimate of drug-likeness (QED) is 0.448. The van der Waals surface area contributed by atoms with Crippen molar-refractivity contribution in [1.82, 2.24) is 15.6 Å². The molecule has 0 bridgehead atoms. The number of aliphatic imine (C=N–C) groups is 1. The van der Waals surface area contributed by atoms with Gasteiger partial charge in [0.2, 0.25) is 5.88 Å². The van der Waals surface area contributed by atoms with Crippen molar-refractivity contribution in [3.05, 3.63) is 59.3 Å². The van der Waals surface area contributed by atoms with Gasteiger partial charge in [-0.25, -0.2) is 4.98 Å². The molecule has 1 heterocycles. The standard InChI is InChI=1S/C21H27F3N4O2/c1-3-11-30-19-18(5-4-10-26-19)13-28-20(25-2)27-12-16-6-8-17(9-7-16)14-29-15-21(22,23)24/h4-10H,3,11-15H2,1-2H3,(H2,25,27,28). The van der Waals surface area contributed by atoms with Crippen LogP contribution in [0.3, 0.4) is 0 Å². The van der Waals surface area contributed by atoms with Crippen LogP contribution in [0.1, 0.15) is 30.0 Å². The number of guanidine groups is 1. The molecule has 0 saturated carbocycles. The Morgan fingerprint density at radius 3 is 2.43 bits per heavy atom. The summed E-state index contributed by atoms with van der Waals surface area (Å²) in [6.07, 6.45) is -1.72. The van der Waals surface area contributed by atoms with Gasteiger partial charge in [0.15, 0.2) is 5.96 Å². The number of hydrogen-bond donors (Lipinski definition) is 2. The maximum absolute atomic E-state index is 12.1. The Hall–Kier alpha value is -2.81. The summed E-state index contributed by atoms with van der Waals surface area (Å²) in [4.78, 5) is 8.46. The number of aromatic nitrogens is 1. The van der Waals surface area contributed by atoms with Crippen LogP contribution in [0.5, 0.6) is 5.88 Å². The Morgan fingerprint density at radius 1 is 1.07 bits per heavy atom. The average molecular weight is 424 g/mol. The van der Waals surface area contributed by atoms with Crippen LogP contribution >= 0.6 is 0 Å². The molecule has 0 aliphatic rings. The Balaban J connectivity index is 1.80. The highest BCUT2D eigenvalue weighted by atomic mass is 19.4. The van der Waals surface area contributed by atoms with Crippen LogP contribution in [0, 0.1) is 0 Å². The summed E-state index contributed by atoms with van der Waals surface area (Å²) in [5.74, 6) is 1.21. The number of benzene rings is 1. The van der Waals surface area contributed by atoms with Crippen molar-refractivity contribution < 1.29 is 22.6 Å². The predicted molar refractivity (Wildman–Crippen MR) is 109 cm³/mol. The van der Waals surface area contributed by atoms with Gasteiger partial charge in [0.1, 0.15) is 6.61 Å². The van der Waals surface area contributed by atoms with Gasteiger partial charge in [-0.3, -0.25) is 4.99 Å². The number of nitrogens with zero attached hydrogens (tertiary/aromatic N) is 2. The fourth-order valence-corrected chi connectivity index (χ4v) is 2.51. The van der Waals surface area contributed by atoms with Crippen LogP contribution in [0.4, 0.5) is 13.2 Å². The third-order valence-corrected chi connectivity index (χ3v) is 3.98. The lowest BCUT2D eigenvalue weighted by atomic mass is 10.1. The topological polar surface area (TPSA) is 67.8 Å². The van der Waals surface area contributed by atoms with Gasteiger partial charge in [-0.15, -0.1) is 0 Å². The second-order valence-electron chi connectivity index (χ2n) is 6.52. The largest absolute Gasteiger partial charge is 0.477 e. The van der Waals surface area contributed by atoms with E-state index in [0.29, 0.717) is 37.1 Å². The summed E-state index contributed by atoms with van der Waals surface area (Å²) < 4.78 is 46.7. The number of alkyl halides is 3. The molecule has 0 atom stereocenters. The Morgan fingerprint density at radius 2 is 1.77 bits per heavy atom. The molecule has 30 heavy (non-hydrogen) atoms. The van der Waals surface area contributed by atoms with Gasteiger partial charge in [0.05, 0.1) is 13.2 Å². The van der Waals surface area contributed by atoms with Gasteiger partial charge in [-0.1, -0.05) is 37.3 Å². The second kappa shape index (κ2) is 12.0. The molecule has 0 spiro atoms. The molecule has 1 aromatic carbocycles. The number of ether oxygens (including phenoxy) is 2. The first-order chi connectivity index (χ1) is 14.4. The molecule has 2 rings (SSSR count). The zero-order chi connectivity index (χ0) is 21.8. The summed E-state index contributed by atoms with van der Waals surface area (Å²) in [5, 5.41) is 6.42. The van der Waals surface area contributed by atoms with E-state index in [0.717, 1.165) is 17.5 Å². The molecule has 0 aliphatic heterocycles. The van der Waals surface area contributed by atoms with Crippen LogP contribution in [0.2, 0.25) is 0 Å². The van der Waals surface area contributed by atoms with E-state index in [1.165, 1.54) is 0 Å². The summed E-state index contributed by atoms with van der Waals surface area (Å²) in [7, 11) is 1.67. The molecular weight excluding hydrogens is 397 g/mol. The van der Waals surface area contributed by atoms with Crippen LogP contribution in [-0.2, 0) is 24.4 Å². The highest BCUT2D eigenvalue weighted by molar-refractivity contribution is 5.79. The van der Waals surface area contributed by atoms with E-state index in [9.17, 15) is 13.2 Å². The van der Waals surface area contributed by atoms with Gasteiger partial charge >= 0.3 is 6.18 Å². The third kappa shape index (κ3) is 8.69. The summed E-state index contributed by atoms with van der Waals surface area (Å²) in [5.41, 5.74) is 2.57. The molecule has 6 nitrogen and oxygen atoms in total. The minimum absolute atomic E-state index is 0.0794. The van der Waals surface area contributed by atoms with Gasteiger partial charge < -0.3 is 20.1 Å². The Bertz CT molecular complexity index is 796. The minimum Gasteiger partial charge on any atom is -0.477 e. The maximum Gasteiger partial charge on any atom is 0.411 e. The SMILES string of the molecule is CCCOc1ncccc1CNC(=NC)NCc1ccc(COCC(F)(F)F)cc1. The van der Waals surface area contributed by atoms with Gasteiger partial charge in [-0.2, -0.15) is 13.2 Å². The fourth-order valence-electron chi connectivity index (χ4n) is 2.51. The second-order valence-corrected chi connectivity index (χ2v) is 6.52. The van der Waals surface area contributed by atoms with Gasteiger partial charge in [0.25, 0.3) is 0 Å². The van der Waals surface area contributed by atoms with E-state index in [-0.39, 0.29) is 6.61 Å². The monoisotopic (exact) mass is 424 g/mol. The van der Waals surface area contributed by atoms with Crippen molar-refractivity contribution in [2.45, 2.75) is 39.2 Å². The van der Waals surface area contributed by atoms with Crippen molar-refractivity contribution >= 4 is 5.96 Å². The molecule has 0 unspecified atom stereocenters. The van der Waals surface area contributed by atoms with E-state index >= 15 is 0 Å². The van der Waals surface area contributed by atoms with Crippen LogP contribution in [-0.4, -0.2) is 37.4 Å². The molecular formula is C21H27F3N4O2. The van der Waals surface area contributed by atoms with Crippen LogP contribution in [0.15, 0.2) is 47.6 Å². The smallest absolute Gasteiger partial charge is 0.411 e. The first kappa shape index (κ1) is 23.5. The number of halogens is 3. The number of rotatable bonds is 10. The average Bonchev–Trinajstić information content (AvgIpc) is 2.73. The molecule has 9 heteroatoms. The predicted octanol–water partition coefficient (Wildman–Crippen LogP) is 3.81. The molecule has 0 aliphatic carbocycles. The number of hydrogen-bond acceptors (Lipinski definition) is 4. The van der Waals surface area contributed by atoms with Crippen molar-refractivity contribution in [3.8, 4) is 5.88 Å². The van der Waals surface area contributed by atoms with Crippen LogP contribution in [0.25, 0.3) is 0 Å². The summed E-state index contributed by atoms with van der Waals surface area (Å²) in [6, 6.07) is 11.0.